The van der Waals surface area contributed by atoms with Gasteiger partial charge in [0.15, 0.2) is 0 Å². The molecule has 6 heteroatoms. The summed E-state index contributed by atoms with van der Waals surface area (Å²) in [5.41, 5.74) is 0.663. The van der Waals surface area contributed by atoms with Gasteiger partial charge in [0.2, 0.25) is 11.8 Å². The standard InChI is InChI=1S/C16H25N3O3/c1-11(2)17-15(20)10-19(4)12(3)16(21)18-13-7-6-8-14(9-13)22-5/h6-9,11-12H,10H2,1-5H3,(H,17,20)(H,18,21)/t12-/m0/s1. The van der Waals surface area contributed by atoms with Gasteiger partial charge in [-0.15, -0.1) is 0 Å². The maximum Gasteiger partial charge on any atom is 0.241 e. The minimum Gasteiger partial charge on any atom is -0.497 e. The highest BCUT2D eigenvalue weighted by molar-refractivity contribution is 5.95. The quantitative estimate of drug-likeness (QED) is 0.800. The van der Waals surface area contributed by atoms with Gasteiger partial charge in [-0.05, 0) is 40.0 Å². The van der Waals surface area contributed by atoms with Crippen LogP contribution in [0.3, 0.4) is 0 Å². The van der Waals surface area contributed by atoms with Gasteiger partial charge >= 0.3 is 0 Å². The molecule has 0 aliphatic carbocycles. The number of hydrogen-bond donors (Lipinski definition) is 2. The molecule has 0 spiro atoms. The van der Waals surface area contributed by atoms with Gasteiger partial charge in [0.1, 0.15) is 5.75 Å². The third-order valence-electron chi connectivity index (χ3n) is 3.22. The van der Waals surface area contributed by atoms with Crippen LogP contribution in [-0.2, 0) is 9.59 Å². The lowest BCUT2D eigenvalue weighted by Gasteiger charge is -2.23. The summed E-state index contributed by atoms with van der Waals surface area (Å²) in [6.45, 7) is 5.73. The van der Waals surface area contributed by atoms with Crippen LogP contribution in [0.25, 0.3) is 0 Å². The summed E-state index contributed by atoms with van der Waals surface area (Å²) < 4.78 is 5.12. The summed E-state index contributed by atoms with van der Waals surface area (Å²) in [4.78, 5) is 25.7. The first-order chi connectivity index (χ1) is 10.3. The third-order valence-corrected chi connectivity index (χ3v) is 3.22. The first-order valence-corrected chi connectivity index (χ1v) is 7.28. The van der Waals surface area contributed by atoms with Gasteiger partial charge in [-0.2, -0.15) is 0 Å². The molecule has 1 rings (SSSR count). The normalized spacial score (nSPS) is 12.1. The molecule has 0 unspecified atom stereocenters. The SMILES string of the molecule is COc1cccc(NC(=O)[C@H](C)N(C)CC(=O)NC(C)C)c1. The summed E-state index contributed by atoms with van der Waals surface area (Å²) in [5, 5.41) is 5.62. The van der Waals surface area contributed by atoms with E-state index in [1.807, 2.05) is 19.9 Å². The highest BCUT2D eigenvalue weighted by atomic mass is 16.5. The van der Waals surface area contributed by atoms with Crippen LogP contribution >= 0.6 is 0 Å². The van der Waals surface area contributed by atoms with E-state index in [2.05, 4.69) is 10.6 Å². The Morgan fingerprint density at radius 3 is 2.55 bits per heavy atom. The second-order valence-electron chi connectivity index (χ2n) is 5.53. The molecule has 0 aromatic heterocycles. The molecule has 6 nitrogen and oxygen atoms in total. The molecule has 0 bridgehead atoms. The van der Waals surface area contributed by atoms with Crippen LogP contribution < -0.4 is 15.4 Å². The molecule has 0 heterocycles. The molecule has 1 atom stereocenters. The molecule has 0 saturated carbocycles. The van der Waals surface area contributed by atoms with Crippen molar-refractivity contribution in [2.75, 3.05) is 26.0 Å². The number of hydrogen-bond acceptors (Lipinski definition) is 4. The Morgan fingerprint density at radius 2 is 1.95 bits per heavy atom. The smallest absolute Gasteiger partial charge is 0.241 e. The number of methoxy groups -OCH3 is 1. The first-order valence-electron chi connectivity index (χ1n) is 7.28. The van der Waals surface area contributed by atoms with Crippen LogP contribution in [-0.4, -0.2) is 49.5 Å². The molecule has 0 aliphatic rings. The van der Waals surface area contributed by atoms with Gasteiger partial charge in [-0.3, -0.25) is 14.5 Å². The van der Waals surface area contributed by atoms with E-state index < -0.39 is 6.04 Å². The number of carbonyl (C=O) groups is 2. The molecule has 2 amide bonds. The van der Waals surface area contributed by atoms with E-state index in [1.54, 1.807) is 44.2 Å². The fraction of sp³-hybridized carbons (Fsp3) is 0.500. The zero-order valence-electron chi connectivity index (χ0n) is 13.8. The van der Waals surface area contributed by atoms with Crippen LogP contribution in [0.5, 0.6) is 5.75 Å². The van der Waals surface area contributed by atoms with Gasteiger partial charge < -0.3 is 15.4 Å². The number of rotatable bonds is 7. The Balaban J connectivity index is 2.58. The predicted molar refractivity (Wildman–Crippen MR) is 87.0 cm³/mol. The van der Waals surface area contributed by atoms with E-state index in [1.165, 1.54) is 0 Å². The van der Waals surface area contributed by atoms with Crippen LogP contribution in [0.2, 0.25) is 0 Å². The Kier molecular flexibility index (Phi) is 6.85. The molecule has 0 aliphatic heterocycles. The van der Waals surface area contributed by atoms with Gasteiger partial charge in [0.25, 0.3) is 0 Å². The minimum absolute atomic E-state index is 0.0850. The maximum absolute atomic E-state index is 12.2. The molecule has 1 aromatic carbocycles. The van der Waals surface area contributed by atoms with Crippen molar-refractivity contribution >= 4 is 17.5 Å². The maximum atomic E-state index is 12.2. The molecule has 122 valence electrons. The number of nitrogens with one attached hydrogen (secondary N) is 2. The van der Waals surface area contributed by atoms with Crippen molar-refractivity contribution < 1.29 is 14.3 Å². The average molecular weight is 307 g/mol. The summed E-state index contributed by atoms with van der Waals surface area (Å²) >= 11 is 0. The Morgan fingerprint density at radius 1 is 1.27 bits per heavy atom. The van der Waals surface area contributed by atoms with Crippen molar-refractivity contribution in [3.05, 3.63) is 24.3 Å². The Hall–Kier alpha value is -2.08. The highest BCUT2D eigenvalue weighted by Crippen LogP contribution is 2.17. The second kappa shape index (κ2) is 8.38. The van der Waals surface area contributed by atoms with Crippen LogP contribution in [0, 0.1) is 0 Å². The third kappa shape index (κ3) is 5.73. The monoisotopic (exact) mass is 307 g/mol. The molecule has 0 saturated heterocycles. The molecule has 2 N–H and O–H groups in total. The van der Waals surface area contributed by atoms with Crippen molar-refractivity contribution in [1.82, 2.24) is 10.2 Å². The zero-order chi connectivity index (χ0) is 16.7. The van der Waals surface area contributed by atoms with Crippen LogP contribution in [0.4, 0.5) is 5.69 Å². The number of ether oxygens (including phenoxy) is 1. The minimum atomic E-state index is -0.427. The number of benzene rings is 1. The number of nitrogens with zero attached hydrogens (tertiary/aromatic N) is 1. The Labute approximate surface area is 131 Å². The summed E-state index contributed by atoms with van der Waals surface area (Å²) in [6, 6.07) is 6.81. The second-order valence-corrected chi connectivity index (χ2v) is 5.53. The van der Waals surface area contributed by atoms with Crippen LogP contribution in [0.15, 0.2) is 24.3 Å². The molecule has 1 aromatic rings. The molecular weight excluding hydrogens is 282 g/mol. The van der Waals surface area contributed by atoms with Crippen molar-refractivity contribution in [2.45, 2.75) is 32.9 Å². The first kappa shape index (κ1) is 18.0. The number of carbonyl (C=O) groups excluding carboxylic acids is 2. The highest BCUT2D eigenvalue weighted by Gasteiger charge is 2.20. The van der Waals surface area contributed by atoms with E-state index >= 15 is 0 Å². The summed E-state index contributed by atoms with van der Waals surface area (Å²) in [6.07, 6.45) is 0. The van der Waals surface area contributed by atoms with Gasteiger partial charge in [-0.1, -0.05) is 6.07 Å². The average Bonchev–Trinajstić information content (AvgIpc) is 2.45. The van der Waals surface area contributed by atoms with E-state index in [0.29, 0.717) is 11.4 Å². The van der Waals surface area contributed by atoms with Crippen molar-refractivity contribution in [3.8, 4) is 5.75 Å². The van der Waals surface area contributed by atoms with Gasteiger partial charge in [0, 0.05) is 17.8 Å². The fourth-order valence-electron chi connectivity index (χ4n) is 1.88. The molecule has 22 heavy (non-hydrogen) atoms. The number of anilines is 1. The topological polar surface area (TPSA) is 70.7 Å². The van der Waals surface area contributed by atoms with Crippen LogP contribution in [0.1, 0.15) is 20.8 Å². The fourth-order valence-corrected chi connectivity index (χ4v) is 1.88. The molecular formula is C16H25N3O3. The largest absolute Gasteiger partial charge is 0.497 e. The van der Waals surface area contributed by atoms with Gasteiger partial charge in [-0.25, -0.2) is 0 Å². The molecule has 0 fully saturated rings. The Bertz CT molecular complexity index is 517. The van der Waals surface area contributed by atoms with E-state index in [0.717, 1.165) is 0 Å². The summed E-state index contributed by atoms with van der Waals surface area (Å²) in [7, 11) is 3.32. The van der Waals surface area contributed by atoms with Crippen molar-refractivity contribution in [2.24, 2.45) is 0 Å². The van der Waals surface area contributed by atoms with Crippen molar-refractivity contribution in [1.29, 1.82) is 0 Å². The van der Waals surface area contributed by atoms with Gasteiger partial charge in [0.05, 0.1) is 19.7 Å². The lowest BCUT2D eigenvalue weighted by atomic mass is 10.2. The predicted octanol–water partition coefficient (Wildman–Crippen LogP) is 1.48. The van der Waals surface area contributed by atoms with E-state index in [9.17, 15) is 9.59 Å². The zero-order valence-corrected chi connectivity index (χ0v) is 13.8. The lowest BCUT2D eigenvalue weighted by Crippen LogP contribution is -2.45. The molecule has 0 radical (unpaired) electrons. The van der Waals surface area contributed by atoms with Crippen molar-refractivity contribution in [3.63, 3.8) is 0 Å². The lowest BCUT2D eigenvalue weighted by molar-refractivity contribution is -0.125. The van der Waals surface area contributed by atoms with E-state index in [4.69, 9.17) is 4.74 Å². The number of likely N-dealkylation sites (N-methyl/N-ethyl adjacent to an activating group) is 1. The number of amides is 2. The van der Waals surface area contributed by atoms with E-state index in [-0.39, 0.29) is 24.4 Å². The summed E-state index contributed by atoms with van der Waals surface area (Å²) in [5.74, 6) is 0.404.